The summed E-state index contributed by atoms with van der Waals surface area (Å²) in [6.07, 6.45) is 8.72. The fourth-order valence-corrected chi connectivity index (χ4v) is 6.09. The first-order valence-electron chi connectivity index (χ1n) is 10.6. The van der Waals surface area contributed by atoms with Crippen molar-refractivity contribution in [1.29, 1.82) is 0 Å². The molecule has 29 heavy (non-hydrogen) atoms. The Balaban J connectivity index is 1.39. The van der Waals surface area contributed by atoms with Crippen molar-refractivity contribution >= 4 is 29.6 Å². The van der Waals surface area contributed by atoms with Crippen molar-refractivity contribution in [2.75, 3.05) is 5.75 Å². The van der Waals surface area contributed by atoms with E-state index in [1.165, 1.54) is 43.9 Å². The number of carbonyl (C=O) groups is 3. The van der Waals surface area contributed by atoms with E-state index in [4.69, 9.17) is 0 Å². The highest BCUT2D eigenvalue weighted by Crippen LogP contribution is 2.40. The summed E-state index contributed by atoms with van der Waals surface area (Å²) in [6.45, 7) is 1.70. The fourth-order valence-electron chi connectivity index (χ4n) is 4.95. The SMILES string of the molecule is C[C@]1(CSc2ccccc2C(=O)N[C@@H]2CC[C@@H]3CCCC[C@@H]3C2)NC(=O)NC1=O. The minimum Gasteiger partial charge on any atom is -0.349 e. The summed E-state index contributed by atoms with van der Waals surface area (Å²) < 4.78 is 0. The van der Waals surface area contributed by atoms with Crippen molar-refractivity contribution in [3.8, 4) is 0 Å². The Morgan fingerprint density at radius 3 is 2.66 bits per heavy atom. The van der Waals surface area contributed by atoms with Gasteiger partial charge in [-0.1, -0.05) is 37.8 Å². The number of imide groups is 1. The van der Waals surface area contributed by atoms with Crippen molar-refractivity contribution in [2.24, 2.45) is 11.8 Å². The first-order valence-corrected chi connectivity index (χ1v) is 11.6. The lowest BCUT2D eigenvalue weighted by Crippen LogP contribution is -2.46. The van der Waals surface area contributed by atoms with Gasteiger partial charge in [-0.3, -0.25) is 14.9 Å². The number of rotatable bonds is 5. The van der Waals surface area contributed by atoms with Crippen LogP contribution >= 0.6 is 11.8 Å². The zero-order valence-corrected chi connectivity index (χ0v) is 17.6. The summed E-state index contributed by atoms with van der Waals surface area (Å²) >= 11 is 1.42. The van der Waals surface area contributed by atoms with Gasteiger partial charge in [0.15, 0.2) is 0 Å². The number of carbonyl (C=O) groups excluding carboxylic acids is 3. The van der Waals surface area contributed by atoms with Crippen LogP contribution in [0.1, 0.15) is 62.2 Å². The second-order valence-corrected chi connectivity index (χ2v) is 9.83. The summed E-state index contributed by atoms with van der Waals surface area (Å²) in [7, 11) is 0. The number of fused-ring (bicyclic) bond motifs is 1. The Bertz CT molecular complexity index is 814. The molecule has 0 bridgehead atoms. The van der Waals surface area contributed by atoms with Gasteiger partial charge in [0.2, 0.25) is 0 Å². The molecule has 3 N–H and O–H groups in total. The van der Waals surface area contributed by atoms with Crippen LogP contribution in [0, 0.1) is 11.8 Å². The van der Waals surface area contributed by atoms with Gasteiger partial charge < -0.3 is 10.6 Å². The third-order valence-electron chi connectivity index (χ3n) is 6.64. The van der Waals surface area contributed by atoms with Gasteiger partial charge in [0.1, 0.15) is 5.54 Å². The molecule has 6 nitrogen and oxygen atoms in total. The molecule has 0 spiro atoms. The standard InChI is InChI=1S/C22H29N3O3S/c1-22(20(27)24-21(28)25-22)13-29-18-9-5-4-8-17(18)19(26)23-16-11-10-14-6-2-3-7-15(14)12-16/h4-5,8-9,14-16H,2-3,6-7,10-13H2,1H3,(H,23,26)(H2,24,25,27,28)/t14-,15+,16+,22+/m0/s1. The molecule has 4 amide bonds. The van der Waals surface area contributed by atoms with Crippen molar-refractivity contribution in [3.63, 3.8) is 0 Å². The van der Waals surface area contributed by atoms with Gasteiger partial charge >= 0.3 is 6.03 Å². The largest absolute Gasteiger partial charge is 0.349 e. The first kappa shape index (κ1) is 20.3. The van der Waals surface area contributed by atoms with E-state index in [2.05, 4.69) is 16.0 Å². The molecule has 0 aromatic heterocycles. The zero-order chi connectivity index (χ0) is 20.4. The molecule has 3 aliphatic rings. The number of hydrogen-bond acceptors (Lipinski definition) is 4. The van der Waals surface area contributed by atoms with Crippen LogP contribution in [0.3, 0.4) is 0 Å². The Hall–Kier alpha value is -2.02. The first-order chi connectivity index (χ1) is 13.9. The normalized spacial score (nSPS) is 31.6. The lowest BCUT2D eigenvalue weighted by Gasteiger charge is -2.39. The van der Waals surface area contributed by atoms with E-state index >= 15 is 0 Å². The van der Waals surface area contributed by atoms with Crippen LogP contribution in [-0.4, -0.2) is 35.2 Å². The smallest absolute Gasteiger partial charge is 0.322 e. The lowest BCUT2D eigenvalue weighted by molar-refractivity contribution is -0.122. The predicted octanol–water partition coefficient (Wildman–Crippen LogP) is 3.47. The third kappa shape index (κ3) is 4.44. The van der Waals surface area contributed by atoms with Crippen LogP contribution in [0.15, 0.2) is 29.2 Å². The minimum absolute atomic E-state index is 0.0441. The quantitative estimate of drug-likeness (QED) is 0.508. The maximum Gasteiger partial charge on any atom is 0.322 e. The topological polar surface area (TPSA) is 87.3 Å². The molecule has 1 saturated heterocycles. The number of thioether (sulfide) groups is 1. The van der Waals surface area contributed by atoms with Crippen LogP contribution in [0.25, 0.3) is 0 Å². The highest BCUT2D eigenvalue weighted by Gasteiger charge is 2.42. The van der Waals surface area contributed by atoms with Crippen molar-refractivity contribution in [1.82, 2.24) is 16.0 Å². The zero-order valence-electron chi connectivity index (χ0n) is 16.8. The fraction of sp³-hybridized carbons (Fsp3) is 0.591. The van der Waals surface area contributed by atoms with Gasteiger partial charge in [0.25, 0.3) is 11.8 Å². The molecule has 3 fully saturated rings. The Labute approximate surface area is 176 Å². The number of amides is 4. The van der Waals surface area contributed by atoms with Gasteiger partial charge in [-0.05, 0) is 50.2 Å². The van der Waals surface area contributed by atoms with E-state index in [1.807, 2.05) is 24.3 Å². The monoisotopic (exact) mass is 415 g/mol. The molecule has 0 unspecified atom stereocenters. The summed E-state index contributed by atoms with van der Waals surface area (Å²) in [5.74, 6) is 1.60. The van der Waals surface area contributed by atoms with Crippen molar-refractivity contribution in [3.05, 3.63) is 29.8 Å². The average Bonchev–Trinajstić information content (AvgIpc) is 2.98. The number of hydrogen-bond donors (Lipinski definition) is 3. The maximum atomic E-state index is 13.0. The van der Waals surface area contributed by atoms with Gasteiger partial charge in [-0.2, -0.15) is 0 Å². The van der Waals surface area contributed by atoms with Crippen LogP contribution in [0.5, 0.6) is 0 Å². The molecule has 1 aromatic carbocycles. The molecule has 2 aliphatic carbocycles. The van der Waals surface area contributed by atoms with Gasteiger partial charge in [-0.15, -0.1) is 11.8 Å². The van der Waals surface area contributed by atoms with Crippen LogP contribution in [0.4, 0.5) is 4.79 Å². The van der Waals surface area contributed by atoms with E-state index in [1.54, 1.807) is 6.92 Å². The van der Waals surface area contributed by atoms with E-state index in [0.717, 1.165) is 29.6 Å². The van der Waals surface area contributed by atoms with Crippen molar-refractivity contribution in [2.45, 2.75) is 68.3 Å². The predicted molar refractivity (Wildman–Crippen MR) is 113 cm³/mol. The van der Waals surface area contributed by atoms with E-state index in [-0.39, 0.29) is 17.9 Å². The highest BCUT2D eigenvalue weighted by molar-refractivity contribution is 7.99. The van der Waals surface area contributed by atoms with E-state index in [9.17, 15) is 14.4 Å². The van der Waals surface area contributed by atoms with Gasteiger partial charge in [0, 0.05) is 16.7 Å². The number of nitrogens with one attached hydrogen (secondary N) is 3. The third-order valence-corrected chi connectivity index (χ3v) is 8.03. The van der Waals surface area contributed by atoms with E-state index < -0.39 is 11.6 Å². The molecule has 7 heteroatoms. The molecular formula is C22H29N3O3S. The molecule has 2 saturated carbocycles. The Morgan fingerprint density at radius 1 is 1.14 bits per heavy atom. The average molecular weight is 416 g/mol. The highest BCUT2D eigenvalue weighted by atomic mass is 32.2. The molecule has 0 radical (unpaired) electrons. The van der Waals surface area contributed by atoms with Gasteiger partial charge in [0.05, 0.1) is 5.56 Å². The summed E-state index contributed by atoms with van der Waals surface area (Å²) in [5, 5.41) is 8.21. The number of benzene rings is 1. The molecule has 4 atom stereocenters. The van der Waals surface area contributed by atoms with E-state index in [0.29, 0.717) is 11.3 Å². The Morgan fingerprint density at radius 2 is 1.90 bits per heavy atom. The summed E-state index contributed by atoms with van der Waals surface area (Å²) in [5.41, 5.74) is -0.332. The molecule has 1 aromatic rings. The molecule has 4 rings (SSSR count). The minimum atomic E-state index is -0.968. The van der Waals surface area contributed by atoms with Crippen molar-refractivity contribution < 1.29 is 14.4 Å². The molecular weight excluding hydrogens is 386 g/mol. The second kappa shape index (κ2) is 8.38. The molecule has 1 heterocycles. The van der Waals surface area contributed by atoms with Crippen LogP contribution in [-0.2, 0) is 4.79 Å². The Kier molecular flexibility index (Phi) is 5.86. The van der Waals surface area contributed by atoms with Crippen LogP contribution in [0.2, 0.25) is 0 Å². The maximum absolute atomic E-state index is 13.0. The molecule has 156 valence electrons. The van der Waals surface area contributed by atoms with Gasteiger partial charge in [-0.25, -0.2) is 4.79 Å². The lowest BCUT2D eigenvalue weighted by atomic mass is 9.69. The van der Waals surface area contributed by atoms with Crippen LogP contribution < -0.4 is 16.0 Å². The second-order valence-electron chi connectivity index (χ2n) is 8.81. The summed E-state index contributed by atoms with van der Waals surface area (Å²) in [4.78, 5) is 37.3. The number of urea groups is 1. The summed E-state index contributed by atoms with van der Waals surface area (Å²) in [6, 6.07) is 7.26. The molecule has 1 aliphatic heterocycles.